The Morgan fingerprint density at radius 2 is 2.08 bits per heavy atom. The van der Waals surface area contributed by atoms with E-state index in [-0.39, 0.29) is 11.9 Å². The molecule has 2 saturated carbocycles. The van der Waals surface area contributed by atoms with Crippen molar-refractivity contribution < 1.29 is 4.79 Å². The molecule has 128 valence electrons. The number of hydrogen-bond donors (Lipinski definition) is 2. The molecule has 2 aromatic heterocycles. The maximum atomic E-state index is 12.8. The van der Waals surface area contributed by atoms with Crippen molar-refractivity contribution in [3.05, 3.63) is 23.7 Å². The van der Waals surface area contributed by atoms with Gasteiger partial charge in [0, 0.05) is 18.2 Å². The fourth-order valence-electron chi connectivity index (χ4n) is 3.99. The van der Waals surface area contributed by atoms with Crippen molar-refractivity contribution in [1.29, 1.82) is 0 Å². The van der Waals surface area contributed by atoms with E-state index in [1.54, 1.807) is 6.20 Å². The summed E-state index contributed by atoms with van der Waals surface area (Å²) in [5.74, 6) is 1.14. The van der Waals surface area contributed by atoms with Crippen molar-refractivity contribution in [2.75, 3.05) is 0 Å². The highest BCUT2D eigenvalue weighted by molar-refractivity contribution is 6.04. The summed E-state index contributed by atoms with van der Waals surface area (Å²) in [6.45, 7) is 2.17. The Kier molecular flexibility index (Phi) is 4.25. The van der Waals surface area contributed by atoms with E-state index in [4.69, 9.17) is 4.98 Å². The van der Waals surface area contributed by atoms with Gasteiger partial charge in [-0.1, -0.05) is 26.2 Å². The molecule has 0 spiro atoms. The normalized spacial score (nSPS) is 20.2. The second kappa shape index (κ2) is 6.54. The summed E-state index contributed by atoms with van der Waals surface area (Å²) in [7, 11) is 0. The zero-order valence-corrected chi connectivity index (χ0v) is 14.3. The Hall–Kier alpha value is -1.91. The second-order valence-corrected chi connectivity index (χ2v) is 7.35. The van der Waals surface area contributed by atoms with Crippen LogP contribution in [0, 0.1) is 5.92 Å². The number of nitrogens with one attached hydrogen (secondary N) is 2. The van der Waals surface area contributed by atoms with Crippen LogP contribution in [0.2, 0.25) is 0 Å². The fraction of sp³-hybridized carbons (Fsp3) is 0.632. The van der Waals surface area contributed by atoms with Gasteiger partial charge in [-0.2, -0.15) is 0 Å². The highest BCUT2D eigenvalue weighted by Crippen LogP contribution is 2.39. The molecule has 5 heteroatoms. The zero-order valence-electron chi connectivity index (χ0n) is 14.3. The number of carbonyl (C=O) groups excluding carboxylic acids is 1. The number of H-pyrrole nitrogens is 1. The van der Waals surface area contributed by atoms with Gasteiger partial charge in [0.15, 0.2) is 5.65 Å². The van der Waals surface area contributed by atoms with Crippen LogP contribution in [0.5, 0.6) is 0 Å². The Morgan fingerprint density at radius 3 is 2.79 bits per heavy atom. The lowest BCUT2D eigenvalue weighted by atomic mass is 9.83. The Morgan fingerprint density at radius 1 is 1.29 bits per heavy atom. The van der Waals surface area contributed by atoms with E-state index in [0.717, 1.165) is 17.6 Å². The van der Waals surface area contributed by atoms with E-state index in [0.29, 0.717) is 23.0 Å². The predicted octanol–water partition coefficient (Wildman–Crippen LogP) is 3.92. The number of rotatable bonds is 5. The summed E-state index contributed by atoms with van der Waals surface area (Å²) in [5.41, 5.74) is 3.08. The Bertz CT molecular complexity index is 728. The topological polar surface area (TPSA) is 70.7 Å². The lowest BCUT2D eigenvalue weighted by molar-refractivity contribution is 0.0912. The second-order valence-electron chi connectivity index (χ2n) is 7.35. The van der Waals surface area contributed by atoms with Crippen LogP contribution >= 0.6 is 0 Å². The van der Waals surface area contributed by atoms with E-state index < -0.39 is 0 Å². The van der Waals surface area contributed by atoms with Crippen molar-refractivity contribution in [3.8, 4) is 0 Å². The molecule has 2 aliphatic carbocycles. The number of carbonyl (C=O) groups is 1. The molecule has 5 nitrogen and oxygen atoms in total. The number of hydrogen-bond acceptors (Lipinski definition) is 3. The molecule has 2 aliphatic rings. The molecule has 0 aliphatic heterocycles. The van der Waals surface area contributed by atoms with Crippen LogP contribution in [0.3, 0.4) is 0 Å². The number of amides is 1. The molecule has 4 rings (SSSR count). The van der Waals surface area contributed by atoms with Crippen LogP contribution in [-0.4, -0.2) is 26.9 Å². The van der Waals surface area contributed by atoms with Gasteiger partial charge in [0.2, 0.25) is 0 Å². The van der Waals surface area contributed by atoms with Gasteiger partial charge in [-0.3, -0.25) is 4.79 Å². The predicted molar refractivity (Wildman–Crippen MR) is 94.0 cm³/mol. The molecule has 0 saturated heterocycles. The highest BCUT2D eigenvalue weighted by atomic mass is 16.1. The van der Waals surface area contributed by atoms with Gasteiger partial charge in [-0.15, -0.1) is 0 Å². The number of aromatic amines is 1. The lowest BCUT2D eigenvalue weighted by Gasteiger charge is -2.30. The molecular formula is C19H26N4O. The van der Waals surface area contributed by atoms with Crippen LogP contribution in [0.4, 0.5) is 0 Å². The third kappa shape index (κ3) is 3.04. The Labute approximate surface area is 142 Å². The van der Waals surface area contributed by atoms with E-state index >= 15 is 0 Å². The van der Waals surface area contributed by atoms with Crippen LogP contribution < -0.4 is 5.32 Å². The van der Waals surface area contributed by atoms with Crippen LogP contribution in [0.25, 0.3) is 11.2 Å². The van der Waals surface area contributed by atoms with Gasteiger partial charge < -0.3 is 10.3 Å². The lowest BCUT2D eigenvalue weighted by Crippen LogP contribution is -2.40. The third-order valence-electron chi connectivity index (χ3n) is 5.61. The minimum absolute atomic E-state index is 0.0130. The van der Waals surface area contributed by atoms with E-state index in [1.165, 1.54) is 44.9 Å². The first-order chi connectivity index (χ1) is 11.8. The monoisotopic (exact) mass is 326 g/mol. The van der Waals surface area contributed by atoms with Crippen molar-refractivity contribution in [2.24, 2.45) is 5.92 Å². The van der Waals surface area contributed by atoms with Gasteiger partial charge in [0.25, 0.3) is 5.91 Å². The third-order valence-corrected chi connectivity index (χ3v) is 5.61. The van der Waals surface area contributed by atoms with E-state index in [9.17, 15) is 4.79 Å². The minimum Gasteiger partial charge on any atom is -0.349 e. The first-order valence-electron chi connectivity index (χ1n) is 9.41. The van der Waals surface area contributed by atoms with Gasteiger partial charge in [0.05, 0.1) is 17.5 Å². The van der Waals surface area contributed by atoms with Crippen LogP contribution in [-0.2, 0) is 0 Å². The highest BCUT2D eigenvalue weighted by Gasteiger charge is 2.28. The molecule has 2 N–H and O–H groups in total. The molecule has 0 radical (unpaired) electrons. The largest absolute Gasteiger partial charge is 0.349 e. The average molecular weight is 326 g/mol. The van der Waals surface area contributed by atoms with Crippen LogP contribution in [0.15, 0.2) is 12.4 Å². The van der Waals surface area contributed by atoms with Gasteiger partial charge >= 0.3 is 0 Å². The van der Waals surface area contributed by atoms with Crippen molar-refractivity contribution in [3.63, 3.8) is 0 Å². The SMILES string of the molecule is CCC(NC(=O)c1c[nH]c2ncc(C3CC3)nc12)C1CCCCC1. The fourth-order valence-corrected chi connectivity index (χ4v) is 3.99. The first-order valence-corrected chi connectivity index (χ1v) is 9.41. The number of nitrogens with zero attached hydrogens (tertiary/aromatic N) is 2. The quantitative estimate of drug-likeness (QED) is 0.874. The average Bonchev–Trinajstić information content (AvgIpc) is 3.39. The zero-order chi connectivity index (χ0) is 16.5. The Balaban J connectivity index is 1.54. The van der Waals surface area contributed by atoms with Crippen molar-refractivity contribution in [1.82, 2.24) is 20.3 Å². The molecule has 1 amide bonds. The van der Waals surface area contributed by atoms with Gasteiger partial charge in [0.1, 0.15) is 5.52 Å². The van der Waals surface area contributed by atoms with E-state index in [2.05, 4.69) is 22.2 Å². The molecule has 24 heavy (non-hydrogen) atoms. The molecule has 2 aromatic rings. The molecule has 1 unspecified atom stereocenters. The summed E-state index contributed by atoms with van der Waals surface area (Å²) in [6, 6.07) is 0.266. The molecule has 0 bridgehead atoms. The summed E-state index contributed by atoms with van der Waals surface area (Å²) < 4.78 is 0. The van der Waals surface area contributed by atoms with Gasteiger partial charge in [-0.05, 0) is 38.0 Å². The maximum absolute atomic E-state index is 12.8. The van der Waals surface area contributed by atoms with Crippen molar-refractivity contribution in [2.45, 2.75) is 70.3 Å². The first kappa shape index (κ1) is 15.6. The summed E-state index contributed by atoms with van der Waals surface area (Å²) in [5, 5.41) is 3.27. The molecule has 2 heterocycles. The maximum Gasteiger partial charge on any atom is 0.255 e. The number of fused-ring (bicyclic) bond motifs is 1. The molecular weight excluding hydrogens is 300 g/mol. The van der Waals surface area contributed by atoms with Crippen molar-refractivity contribution >= 4 is 17.1 Å². The summed E-state index contributed by atoms with van der Waals surface area (Å²) in [6.07, 6.45) is 13.3. The summed E-state index contributed by atoms with van der Waals surface area (Å²) >= 11 is 0. The smallest absolute Gasteiger partial charge is 0.255 e. The molecule has 2 fully saturated rings. The number of aromatic nitrogens is 3. The summed E-state index contributed by atoms with van der Waals surface area (Å²) in [4.78, 5) is 25.1. The van der Waals surface area contributed by atoms with E-state index in [1.807, 2.05) is 6.20 Å². The molecule has 0 aromatic carbocycles. The van der Waals surface area contributed by atoms with Gasteiger partial charge in [-0.25, -0.2) is 9.97 Å². The molecule has 1 atom stereocenters. The van der Waals surface area contributed by atoms with Crippen LogP contribution in [0.1, 0.15) is 80.3 Å². The standard InChI is InChI=1S/C19H26N4O/c1-2-15(12-6-4-3-5-7-12)23-19(24)14-10-20-18-17(14)22-16(11-21-18)13-8-9-13/h10-13,15H,2-9H2,1H3,(H,20,21)(H,23,24). The minimum atomic E-state index is -0.0130.